The van der Waals surface area contributed by atoms with Crippen LogP contribution in [0.3, 0.4) is 0 Å². The highest BCUT2D eigenvalue weighted by atomic mass is 16.4. The van der Waals surface area contributed by atoms with Crippen LogP contribution in [0.25, 0.3) is 0 Å². The number of hydrogen-bond acceptors (Lipinski definition) is 19. The lowest BCUT2D eigenvalue weighted by Gasteiger charge is -2.31. The Hall–Kier alpha value is -11.8. The first-order valence-electron chi connectivity index (χ1n) is 40.5. The summed E-state index contributed by atoms with van der Waals surface area (Å²) in [6.07, 6.45) is 0. The van der Waals surface area contributed by atoms with Gasteiger partial charge in [-0.1, -0.05) is 250 Å². The van der Waals surface area contributed by atoms with Crippen LogP contribution in [-0.2, 0) is 52.7 Å². The number of hydrogen-bond donors (Lipinski definition) is 10. The molecule has 8 atom stereocenters. The first kappa shape index (κ1) is 108. The number of piperazine rings is 2. The van der Waals surface area contributed by atoms with E-state index >= 15 is 0 Å². The van der Waals surface area contributed by atoms with E-state index in [0.717, 1.165) is 71.7 Å². The van der Waals surface area contributed by atoms with Crippen LogP contribution in [0.4, 0.5) is 0 Å². The quantitative estimate of drug-likeness (QED) is 0.0254. The van der Waals surface area contributed by atoms with Gasteiger partial charge < -0.3 is 78.1 Å². The van der Waals surface area contributed by atoms with E-state index < -0.39 is 48.1 Å². The summed E-state index contributed by atoms with van der Waals surface area (Å²) in [5.74, 6) is -2.55. The zero-order chi connectivity index (χ0) is 91.7. The summed E-state index contributed by atoms with van der Waals surface area (Å²) in [5, 5.41) is 34.0. The molecule has 27 nitrogen and oxygen atoms in total. The Bertz CT molecular complexity index is 4160. The van der Waals surface area contributed by atoms with Crippen molar-refractivity contribution in [3.8, 4) is 0 Å². The molecule has 8 aromatic carbocycles. The summed E-state index contributed by atoms with van der Waals surface area (Å²) in [6.45, 7) is 20.7. The first-order chi connectivity index (χ1) is 58.0. The van der Waals surface area contributed by atoms with Gasteiger partial charge in [0.25, 0.3) is 0 Å². The van der Waals surface area contributed by atoms with Gasteiger partial charge in [0.05, 0.1) is 44.1 Å². The molecule has 0 aromatic heterocycles. The van der Waals surface area contributed by atoms with Gasteiger partial charge in [-0.25, -0.2) is 0 Å². The SMILES string of the molecule is CC(=O)C(N)c1ccccc1.CC(=O)C(NC(=O)CN(C)C)c1ccccc1.CC(C(=O)O)c1ccccc1.CCN(C)C(=O)C(C)c1ccccc1.CCN(C)C(=O)C(N)c1ccccc1.CCNC.CN(C)CC(=O)O.CN1CC(=O)NC(c2ccccc2)C1=O.CN1CCNC(c2ccccc2)C1.CNCC(=O)NC(C(C)=O)c1ccccc1. The molecular formula is C95H134N14O13. The number of ketones is 3. The fourth-order valence-electron chi connectivity index (χ4n) is 11.1. The predicted molar refractivity (Wildman–Crippen MR) is 485 cm³/mol. The maximum atomic E-state index is 11.8. The Morgan fingerprint density at radius 3 is 1.16 bits per heavy atom. The molecule has 122 heavy (non-hydrogen) atoms. The van der Waals surface area contributed by atoms with Gasteiger partial charge in [0.1, 0.15) is 24.2 Å². The second-order valence-electron chi connectivity index (χ2n) is 29.1. The van der Waals surface area contributed by atoms with Crippen LogP contribution in [0.1, 0.15) is 148 Å². The number of benzene rings is 8. The maximum absolute atomic E-state index is 11.8. The standard InChI is InChI=1S/C13H18N2O2.C12H16N2O2.C12H17NO.C11H12N2O2.C11H16N2O.C11H16N2.C9H11NO.C9H10O2.C4H9NO2.C3H9N/c1-10(16)13(11-7-5-4-6-8-11)14-12(17)9-15(2)3;1-9(15)12(14-11(16)8-13-2)10-6-4-3-5-7-10;1-4-13(3)12(14)10(2)11-8-6-5-7-9-11;1-13-7-9(14)12-10(11(13)15)8-5-3-2-4-6-8;1-3-13(2)11(14)10(12)9-7-5-4-6-8-9;1-13-8-7-12-11(9-13)10-5-3-2-4-6-10;1-7(11)9(10)8-5-3-2-4-6-8;1-7(9(10)11)8-5-3-2-4-6-8;1-5(2)3-4(6)7;1-3-4-2/h4-8,13H,9H2,1-3H3,(H,14,17);3-7,12-13H,8H2,1-2H3,(H,14,16);5-10H,4H2,1-3H3;2-6,10H,7H2,1H3,(H,12,14);4-8,10H,3,12H2,1-2H3;2-6,11-12H,7-9H2,1H3;2-6,9H,10H2,1H3;2-7H,1H3,(H,10,11);3H2,1-2H3,(H,6,7);4H,3H2,1-2H3. The summed E-state index contributed by atoms with van der Waals surface area (Å²) in [4.78, 5) is 134. The fraction of sp³-hybridized carbons (Fsp3) is 0.379. The number of nitrogens with one attached hydrogen (secondary N) is 6. The molecule has 2 heterocycles. The molecule has 6 amide bonds. The van der Waals surface area contributed by atoms with Crippen LogP contribution < -0.4 is 43.4 Å². The topological polar surface area (TPSA) is 372 Å². The van der Waals surface area contributed by atoms with Crippen molar-refractivity contribution >= 4 is 64.7 Å². The van der Waals surface area contributed by atoms with Crippen LogP contribution >= 0.6 is 0 Å². The third kappa shape index (κ3) is 45.0. The Kier molecular flexibility index (Phi) is 55.3. The summed E-state index contributed by atoms with van der Waals surface area (Å²) in [5.41, 5.74) is 18.9. The minimum Gasteiger partial charge on any atom is -0.481 e. The van der Waals surface area contributed by atoms with Gasteiger partial charge in [-0.05, 0) is 149 Å². The Morgan fingerprint density at radius 2 is 0.820 bits per heavy atom. The molecule has 8 aromatic rings. The second-order valence-corrected chi connectivity index (χ2v) is 29.1. The molecule has 27 heteroatoms. The smallest absolute Gasteiger partial charge is 0.317 e. The van der Waals surface area contributed by atoms with Crippen LogP contribution in [0.5, 0.6) is 0 Å². The molecule has 0 saturated carbocycles. The number of nitrogens with zero attached hydrogens (tertiary/aromatic N) is 6. The summed E-state index contributed by atoms with van der Waals surface area (Å²) in [7, 11) is 18.1. The first-order valence-corrected chi connectivity index (χ1v) is 40.5. The molecule has 0 bridgehead atoms. The second kappa shape index (κ2) is 62.4. The normalized spacial score (nSPS) is 14.4. The molecule has 10 rings (SSSR count). The highest BCUT2D eigenvalue weighted by molar-refractivity contribution is 5.95. The van der Waals surface area contributed by atoms with Crippen molar-refractivity contribution < 1.29 is 63.0 Å². The molecule has 2 fully saturated rings. The summed E-state index contributed by atoms with van der Waals surface area (Å²) in [6, 6.07) is 74.1. The van der Waals surface area contributed by atoms with Gasteiger partial charge in [-0.3, -0.25) is 57.6 Å². The van der Waals surface area contributed by atoms with Crippen molar-refractivity contribution in [3.05, 3.63) is 287 Å². The Balaban J connectivity index is 0.000000687. The lowest BCUT2D eigenvalue weighted by Crippen LogP contribution is -2.51. The third-order valence-electron chi connectivity index (χ3n) is 18.4. The predicted octanol–water partition coefficient (Wildman–Crippen LogP) is 9.67. The number of likely N-dealkylation sites (N-methyl/N-ethyl adjacent to an activating group) is 7. The van der Waals surface area contributed by atoms with Crippen molar-refractivity contribution in [2.45, 2.75) is 103 Å². The molecule has 2 saturated heterocycles. The van der Waals surface area contributed by atoms with E-state index in [1.807, 2.05) is 261 Å². The largest absolute Gasteiger partial charge is 0.481 e. The van der Waals surface area contributed by atoms with Gasteiger partial charge in [0, 0.05) is 59.9 Å². The minimum atomic E-state index is -0.787. The number of aliphatic carboxylic acids is 2. The molecule has 0 spiro atoms. The molecule has 662 valence electrons. The number of rotatable bonds is 25. The van der Waals surface area contributed by atoms with Crippen molar-refractivity contribution in [3.63, 3.8) is 0 Å². The van der Waals surface area contributed by atoms with Crippen molar-refractivity contribution in [1.29, 1.82) is 0 Å². The molecule has 2 aliphatic rings. The number of carbonyl (C=O) groups is 11. The van der Waals surface area contributed by atoms with Gasteiger partial charge in [0.2, 0.25) is 35.4 Å². The van der Waals surface area contributed by atoms with Crippen molar-refractivity contribution in [2.24, 2.45) is 11.5 Å². The lowest BCUT2D eigenvalue weighted by atomic mass is 10.00. The lowest BCUT2D eigenvalue weighted by molar-refractivity contribution is -0.143. The monoisotopic (exact) mass is 1680 g/mol. The van der Waals surface area contributed by atoms with Crippen LogP contribution in [-0.4, -0.2) is 240 Å². The molecular weight excluding hydrogens is 1550 g/mol. The van der Waals surface area contributed by atoms with Crippen LogP contribution in [0, 0.1) is 0 Å². The van der Waals surface area contributed by atoms with E-state index in [1.54, 1.807) is 61.8 Å². The number of carboxylic acid groups (broad SMARTS) is 2. The van der Waals surface area contributed by atoms with Crippen molar-refractivity contribution in [2.75, 3.05) is 136 Å². The minimum absolute atomic E-state index is 0.00352. The highest BCUT2D eigenvalue weighted by Gasteiger charge is 2.31. The number of carbonyl (C=O) groups excluding carboxylic acids is 9. The average Bonchev–Trinajstić information content (AvgIpc) is 0.823. The van der Waals surface area contributed by atoms with E-state index in [1.165, 1.54) is 31.2 Å². The van der Waals surface area contributed by atoms with Crippen molar-refractivity contribution in [1.82, 2.24) is 61.3 Å². The third-order valence-corrected chi connectivity index (χ3v) is 18.4. The average molecular weight is 1680 g/mol. The summed E-state index contributed by atoms with van der Waals surface area (Å²) < 4.78 is 0. The number of amides is 6. The number of nitrogens with two attached hydrogens (primary N) is 2. The zero-order valence-electron chi connectivity index (χ0n) is 74.5. The number of carboxylic acids is 2. The van der Waals surface area contributed by atoms with E-state index in [0.29, 0.717) is 12.6 Å². The van der Waals surface area contributed by atoms with E-state index in [9.17, 15) is 52.7 Å². The van der Waals surface area contributed by atoms with Gasteiger partial charge in [-0.15, -0.1) is 0 Å². The van der Waals surface area contributed by atoms with Crippen LogP contribution in [0.2, 0.25) is 0 Å². The molecule has 0 radical (unpaired) electrons. The van der Waals surface area contributed by atoms with E-state index in [2.05, 4.69) is 81.1 Å². The molecule has 0 aliphatic carbocycles. The van der Waals surface area contributed by atoms with Gasteiger partial charge >= 0.3 is 11.9 Å². The van der Waals surface area contributed by atoms with Crippen LogP contribution in [0.15, 0.2) is 243 Å². The Morgan fingerprint density at radius 1 is 0.467 bits per heavy atom. The Labute approximate surface area is 723 Å². The van der Waals surface area contributed by atoms with Gasteiger partial charge in [-0.2, -0.15) is 0 Å². The van der Waals surface area contributed by atoms with Gasteiger partial charge in [0.15, 0.2) is 17.3 Å². The van der Waals surface area contributed by atoms with E-state index in [-0.39, 0.29) is 84.9 Å². The zero-order valence-corrected chi connectivity index (χ0v) is 74.5. The summed E-state index contributed by atoms with van der Waals surface area (Å²) >= 11 is 0. The maximum Gasteiger partial charge on any atom is 0.317 e. The highest BCUT2D eigenvalue weighted by Crippen LogP contribution is 2.22. The number of Topliss-reactive ketones (excluding diaryl/α,β-unsaturated/α-hetero) is 3. The fourth-order valence-corrected chi connectivity index (χ4v) is 11.1. The molecule has 8 unspecified atom stereocenters. The molecule has 12 N–H and O–H groups in total. The van der Waals surface area contributed by atoms with E-state index in [4.69, 9.17) is 21.7 Å². The molecule has 2 aliphatic heterocycles.